The molecule has 0 amide bonds. The lowest BCUT2D eigenvalue weighted by molar-refractivity contribution is 1.10. The molecule has 1 aromatic rings. The molecule has 1 aromatic heterocycles. The van der Waals surface area contributed by atoms with Crippen LogP contribution in [0.3, 0.4) is 0 Å². The molecule has 0 aromatic carbocycles. The van der Waals surface area contributed by atoms with Gasteiger partial charge in [0.2, 0.25) is 0 Å². The van der Waals surface area contributed by atoms with Gasteiger partial charge in [-0.1, -0.05) is 0 Å². The van der Waals surface area contributed by atoms with E-state index in [1.807, 2.05) is 23.7 Å². The molecule has 0 aliphatic rings. The van der Waals surface area contributed by atoms with Crippen LogP contribution in [0.15, 0.2) is 12.1 Å². The van der Waals surface area contributed by atoms with E-state index < -0.39 is 0 Å². The summed E-state index contributed by atoms with van der Waals surface area (Å²) in [6.45, 7) is 4.30. The third-order valence-electron chi connectivity index (χ3n) is 1.71. The minimum Gasteiger partial charge on any atom is -0.293 e. The highest BCUT2D eigenvalue weighted by molar-refractivity contribution is 8.01. The van der Waals surface area contributed by atoms with Gasteiger partial charge in [-0.05, 0) is 44.2 Å². The molecule has 1 nitrogen and oxygen atoms in total. The van der Waals surface area contributed by atoms with Crippen molar-refractivity contribution in [1.82, 2.24) is 3.97 Å². The highest BCUT2D eigenvalue weighted by atomic mass is 32.2. The normalized spacial score (nSPS) is 10.6. The summed E-state index contributed by atoms with van der Waals surface area (Å²) in [5.41, 5.74) is 2.69. The van der Waals surface area contributed by atoms with Gasteiger partial charge >= 0.3 is 0 Å². The van der Waals surface area contributed by atoms with Crippen molar-refractivity contribution >= 4 is 23.7 Å². The Balaban J connectivity index is 2.50. The van der Waals surface area contributed by atoms with Crippen LogP contribution in [0.5, 0.6) is 0 Å². The Morgan fingerprint density at radius 1 is 1.17 bits per heavy atom. The van der Waals surface area contributed by atoms with E-state index in [-0.39, 0.29) is 0 Å². The Hall–Kier alpha value is -0.0200. The van der Waals surface area contributed by atoms with Crippen LogP contribution in [0.4, 0.5) is 0 Å². The summed E-state index contributed by atoms with van der Waals surface area (Å²) in [6.07, 6.45) is 2.15. The van der Waals surface area contributed by atoms with Crippen LogP contribution >= 0.6 is 23.7 Å². The van der Waals surface area contributed by atoms with Gasteiger partial charge in [0.05, 0.1) is 0 Å². The monoisotopic (exact) mass is 201 g/mol. The van der Waals surface area contributed by atoms with Crippen LogP contribution in [0.25, 0.3) is 0 Å². The molecule has 12 heavy (non-hydrogen) atoms. The molecule has 0 fully saturated rings. The largest absolute Gasteiger partial charge is 0.293 e. The van der Waals surface area contributed by atoms with Gasteiger partial charge in [0.1, 0.15) is 0 Å². The van der Waals surface area contributed by atoms with E-state index in [4.69, 9.17) is 0 Å². The van der Waals surface area contributed by atoms with Crippen molar-refractivity contribution in [2.24, 2.45) is 0 Å². The molecule has 0 spiro atoms. The van der Waals surface area contributed by atoms with Crippen molar-refractivity contribution in [3.8, 4) is 0 Å². The van der Waals surface area contributed by atoms with Crippen LogP contribution in [-0.2, 0) is 0 Å². The zero-order valence-electron chi connectivity index (χ0n) is 7.83. The van der Waals surface area contributed by atoms with Crippen molar-refractivity contribution in [1.29, 1.82) is 0 Å². The lowest BCUT2D eigenvalue weighted by Gasteiger charge is -2.06. The van der Waals surface area contributed by atoms with E-state index in [2.05, 4.69) is 36.2 Å². The fraction of sp³-hybridized carbons (Fsp3) is 0.556. The number of hydrogen-bond acceptors (Lipinski definition) is 2. The van der Waals surface area contributed by atoms with Gasteiger partial charge in [0.25, 0.3) is 0 Å². The smallest absolute Gasteiger partial charge is 0.0265 e. The second-order valence-electron chi connectivity index (χ2n) is 2.74. The van der Waals surface area contributed by atoms with Crippen LogP contribution in [0, 0.1) is 13.8 Å². The number of aromatic nitrogens is 1. The van der Waals surface area contributed by atoms with E-state index >= 15 is 0 Å². The van der Waals surface area contributed by atoms with E-state index in [0.717, 1.165) is 0 Å². The van der Waals surface area contributed by atoms with E-state index in [1.165, 1.54) is 22.9 Å². The highest BCUT2D eigenvalue weighted by Crippen LogP contribution is 2.16. The first-order chi connectivity index (χ1) is 5.75. The number of rotatable bonds is 4. The molecule has 1 rings (SSSR count). The molecule has 68 valence electrons. The Bertz CT molecular complexity index is 223. The molecule has 0 radical (unpaired) electrons. The Morgan fingerprint density at radius 3 is 2.25 bits per heavy atom. The lowest BCUT2D eigenvalue weighted by atomic mass is 10.5. The number of aryl methyl sites for hydroxylation is 2. The Morgan fingerprint density at radius 2 is 1.75 bits per heavy atom. The van der Waals surface area contributed by atoms with Crippen molar-refractivity contribution < 1.29 is 0 Å². The highest BCUT2D eigenvalue weighted by Gasteiger charge is 1.99. The topological polar surface area (TPSA) is 4.93 Å². The maximum absolute atomic E-state index is 2.30. The predicted molar refractivity (Wildman–Crippen MR) is 60.1 cm³/mol. The molecule has 0 aliphatic heterocycles. The zero-order chi connectivity index (χ0) is 8.97. The summed E-state index contributed by atoms with van der Waals surface area (Å²) in [7, 11) is 0. The van der Waals surface area contributed by atoms with Gasteiger partial charge in [-0.25, -0.2) is 0 Å². The zero-order valence-corrected chi connectivity index (χ0v) is 9.47. The first kappa shape index (κ1) is 10.1. The molecule has 0 atom stereocenters. The summed E-state index contributed by atoms with van der Waals surface area (Å²) in [5, 5.41) is 0. The molecular formula is C9H15NS2. The molecule has 0 saturated carbocycles. The lowest BCUT2D eigenvalue weighted by Crippen LogP contribution is -1.95. The van der Waals surface area contributed by atoms with Gasteiger partial charge in [-0.15, -0.1) is 0 Å². The standard InChI is InChI=1S/C9H15NS2/c1-8-4-5-9(2)10(8)12-7-6-11-3/h4-5H,6-7H2,1-3H3. The maximum Gasteiger partial charge on any atom is 0.0265 e. The van der Waals surface area contributed by atoms with E-state index in [0.29, 0.717) is 0 Å². The molecule has 1 heterocycles. The van der Waals surface area contributed by atoms with Gasteiger partial charge < -0.3 is 0 Å². The fourth-order valence-corrected chi connectivity index (χ4v) is 2.75. The van der Waals surface area contributed by atoms with Crippen molar-refractivity contribution in [3.63, 3.8) is 0 Å². The van der Waals surface area contributed by atoms with Crippen molar-refractivity contribution in [3.05, 3.63) is 23.5 Å². The number of nitrogens with zero attached hydrogens (tertiary/aromatic N) is 1. The number of hydrogen-bond donors (Lipinski definition) is 0. The average molecular weight is 201 g/mol. The quantitative estimate of drug-likeness (QED) is 0.690. The Kier molecular flexibility index (Phi) is 4.09. The molecule has 3 heteroatoms. The molecule has 0 saturated heterocycles. The van der Waals surface area contributed by atoms with Crippen molar-refractivity contribution in [2.45, 2.75) is 13.8 Å². The third-order valence-corrected chi connectivity index (χ3v) is 3.81. The van der Waals surface area contributed by atoms with Gasteiger partial charge in [-0.3, -0.25) is 3.97 Å². The minimum atomic E-state index is 1.19. The average Bonchev–Trinajstić information content (AvgIpc) is 2.35. The van der Waals surface area contributed by atoms with Gasteiger partial charge in [0, 0.05) is 22.9 Å². The molecule has 0 aliphatic carbocycles. The van der Waals surface area contributed by atoms with Gasteiger partial charge in [0.15, 0.2) is 0 Å². The molecule has 0 bridgehead atoms. The summed E-state index contributed by atoms with van der Waals surface area (Å²) < 4.78 is 2.30. The molecule has 0 unspecified atom stereocenters. The fourth-order valence-electron chi connectivity index (χ4n) is 1.07. The first-order valence-corrected chi connectivity index (χ1v) is 6.36. The Labute approximate surface area is 83.1 Å². The second-order valence-corrected chi connectivity index (χ2v) is 4.75. The van der Waals surface area contributed by atoms with Crippen LogP contribution in [0.2, 0.25) is 0 Å². The first-order valence-electron chi connectivity index (χ1n) is 4.03. The summed E-state index contributed by atoms with van der Waals surface area (Å²) in [6, 6.07) is 4.34. The summed E-state index contributed by atoms with van der Waals surface area (Å²) in [4.78, 5) is 0. The van der Waals surface area contributed by atoms with E-state index in [1.54, 1.807) is 0 Å². The van der Waals surface area contributed by atoms with Crippen LogP contribution in [-0.4, -0.2) is 21.7 Å². The van der Waals surface area contributed by atoms with Crippen LogP contribution in [0.1, 0.15) is 11.4 Å². The van der Waals surface area contributed by atoms with Crippen LogP contribution < -0.4 is 0 Å². The maximum atomic E-state index is 2.30. The third kappa shape index (κ3) is 2.49. The van der Waals surface area contributed by atoms with Gasteiger partial charge in [-0.2, -0.15) is 11.8 Å². The number of thioether (sulfide) groups is 1. The molecular weight excluding hydrogens is 186 g/mol. The van der Waals surface area contributed by atoms with E-state index in [9.17, 15) is 0 Å². The second kappa shape index (κ2) is 4.87. The predicted octanol–water partition coefficient (Wildman–Crippen LogP) is 2.96. The minimum absolute atomic E-state index is 1.19. The SMILES string of the molecule is CSCCSn1c(C)ccc1C. The summed E-state index contributed by atoms with van der Waals surface area (Å²) in [5.74, 6) is 2.42. The summed E-state index contributed by atoms with van der Waals surface area (Å²) >= 11 is 3.80. The van der Waals surface area contributed by atoms with Crippen molar-refractivity contribution in [2.75, 3.05) is 17.8 Å². The molecule has 0 N–H and O–H groups in total.